The van der Waals surface area contributed by atoms with Gasteiger partial charge in [-0.2, -0.15) is 8.42 Å². The highest BCUT2D eigenvalue weighted by molar-refractivity contribution is 7.87. The number of carbonyl (C=O) groups excluding carboxylic acids is 2. The minimum absolute atomic E-state index is 0.0375. The zero-order chi connectivity index (χ0) is 23.5. The van der Waals surface area contributed by atoms with E-state index in [0.717, 1.165) is 12.1 Å². The fraction of sp³-hybridized carbons (Fsp3) is 0. The Bertz CT molecular complexity index is 1390. The molecule has 0 aliphatic heterocycles. The predicted molar refractivity (Wildman–Crippen MR) is 108 cm³/mol. The molecule has 32 heavy (non-hydrogen) atoms. The maximum Gasteiger partial charge on any atom is 0.379 e. The van der Waals surface area contributed by atoms with Crippen LogP contribution < -0.4 is 21.1 Å². The highest BCUT2D eigenvalue weighted by atomic mass is 32.2. The van der Waals surface area contributed by atoms with Crippen molar-refractivity contribution in [1.29, 1.82) is 0 Å². The van der Waals surface area contributed by atoms with E-state index < -0.39 is 50.4 Å². The standard InChI is InChI=1S/C18H14FN5O7S/c19-13-9-5-4-8-12(13)17(27)23(22-15(25)11-6-2-1-3-7-11)24(32(29,30)31)14-10-20-18(28)21-16(14)26/h1-10H,(H,22,25)(H,29,30,31)(H2,20,21,26,28). The zero-order valence-electron chi connectivity index (χ0n) is 15.9. The fourth-order valence-corrected chi connectivity index (χ4v) is 3.26. The van der Waals surface area contributed by atoms with Gasteiger partial charge >= 0.3 is 16.0 Å². The van der Waals surface area contributed by atoms with E-state index in [9.17, 15) is 36.5 Å². The number of H-pyrrole nitrogens is 2. The van der Waals surface area contributed by atoms with Crippen molar-refractivity contribution in [2.45, 2.75) is 0 Å². The van der Waals surface area contributed by atoms with Gasteiger partial charge in [-0.05, 0) is 24.3 Å². The number of hydrazine groups is 2. The molecule has 1 aromatic heterocycles. The third kappa shape index (κ3) is 4.71. The maximum absolute atomic E-state index is 14.2. The van der Waals surface area contributed by atoms with Crippen molar-refractivity contribution in [2.75, 3.05) is 4.41 Å². The highest BCUT2D eigenvalue weighted by Crippen LogP contribution is 2.18. The third-order valence-corrected chi connectivity index (χ3v) is 4.74. The van der Waals surface area contributed by atoms with Crippen molar-refractivity contribution in [1.82, 2.24) is 20.5 Å². The van der Waals surface area contributed by atoms with Crippen LogP contribution in [-0.2, 0) is 10.3 Å². The van der Waals surface area contributed by atoms with E-state index in [0.29, 0.717) is 6.20 Å². The number of hydrogen-bond donors (Lipinski definition) is 4. The highest BCUT2D eigenvalue weighted by Gasteiger charge is 2.36. The Morgan fingerprint density at radius 3 is 2.22 bits per heavy atom. The molecule has 2 aromatic carbocycles. The van der Waals surface area contributed by atoms with Crippen molar-refractivity contribution >= 4 is 27.8 Å². The maximum atomic E-state index is 14.2. The lowest BCUT2D eigenvalue weighted by Crippen LogP contribution is -2.59. The molecule has 12 nitrogen and oxygen atoms in total. The Hall–Kier alpha value is -4.30. The Morgan fingerprint density at radius 1 is 1.00 bits per heavy atom. The first kappa shape index (κ1) is 22.4. The van der Waals surface area contributed by atoms with Gasteiger partial charge in [-0.25, -0.2) is 14.6 Å². The fourth-order valence-electron chi connectivity index (χ4n) is 2.56. The second kappa shape index (κ2) is 8.83. The largest absolute Gasteiger partial charge is 0.379 e. The normalized spacial score (nSPS) is 10.9. The van der Waals surface area contributed by atoms with Crippen molar-refractivity contribution in [3.8, 4) is 0 Å². The first-order valence-electron chi connectivity index (χ1n) is 8.64. The topological polar surface area (TPSA) is 173 Å². The van der Waals surface area contributed by atoms with Crippen LogP contribution in [0.25, 0.3) is 0 Å². The van der Waals surface area contributed by atoms with E-state index in [2.05, 4.69) is 0 Å². The summed E-state index contributed by atoms with van der Waals surface area (Å²) in [6, 6.07) is 11.6. The number of halogens is 1. The summed E-state index contributed by atoms with van der Waals surface area (Å²) >= 11 is 0. The molecule has 0 saturated heterocycles. The van der Waals surface area contributed by atoms with Gasteiger partial charge < -0.3 is 4.98 Å². The van der Waals surface area contributed by atoms with Gasteiger partial charge in [0.2, 0.25) is 0 Å². The molecule has 0 bridgehead atoms. The molecule has 1 heterocycles. The van der Waals surface area contributed by atoms with Crippen LogP contribution in [0.15, 0.2) is 70.4 Å². The molecule has 3 aromatic rings. The van der Waals surface area contributed by atoms with Gasteiger partial charge in [0.15, 0.2) is 5.69 Å². The second-order valence-electron chi connectivity index (χ2n) is 6.08. The van der Waals surface area contributed by atoms with E-state index in [1.165, 1.54) is 36.4 Å². The van der Waals surface area contributed by atoms with Crippen LogP contribution >= 0.6 is 0 Å². The van der Waals surface area contributed by atoms with E-state index in [1.54, 1.807) is 11.1 Å². The quantitative estimate of drug-likeness (QED) is 0.309. The third-order valence-electron chi connectivity index (χ3n) is 3.95. The summed E-state index contributed by atoms with van der Waals surface area (Å²) in [6.45, 7) is 0. The summed E-state index contributed by atoms with van der Waals surface area (Å²) in [7, 11) is -5.49. The molecule has 2 amide bonds. The number of rotatable bonds is 5. The van der Waals surface area contributed by atoms with Crippen LogP contribution in [0, 0.1) is 5.82 Å². The molecule has 166 valence electrons. The lowest BCUT2D eigenvalue weighted by atomic mass is 10.2. The second-order valence-corrected chi connectivity index (χ2v) is 7.32. The molecule has 0 radical (unpaired) electrons. The van der Waals surface area contributed by atoms with Crippen molar-refractivity contribution in [2.24, 2.45) is 0 Å². The molecule has 0 aliphatic rings. The predicted octanol–water partition coefficient (Wildman–Crippen LogP) is 0.214. The van der Waals surface area contributed by atoms with Crippen LogP contribution in [0.4, 0.5) is 10.1 Å². The number of hydrogen-bond acceptors (Lipinski definition) is 6. The summed E-state index contributed by atoms with van der Waals surface area (Å²) in [5.74, 6) is -3.58. The summed E-state index contributed by atoms with van der Waals surface area (Å²) in [6.07, 6.45) is 0.575. The average Bonchev–Trinajstić information content (AvgIpc) is 2.74. The van der Waals surface area contributed by atoms with Crippen molar-refractivity contribution in [3.05, 3.63) is 98.6 Å². The van der Waals surface area contributed by atoms with Crippen LogP contribution in [0.3, 0.4) is 0 Å². The van der Waals surface area contributed by atoms with Gasteiger partial charge in [-0.15, -0.1) is 9.53 Å². The smallest absolute Gasteiger partial charge is 0.312 e. The molecule has 4 N–H and O–H groups in total. The molecule has 0 fully saturated rings. The molecule has 0 unspecified atom stereocenters. The number of benzene rings is 2. The molecule has 0 saturated carbocycles. The van der Waals surface area contributed by atoms with Crippen LogP contribution in [-0.4, -0.2) is 39.9 Å². The Kier molecular flexibility index (Phi) is 6.17. The van der Waals surface area contributed by atoms with Gasteiger partial charge in [0, 0.05) is 11.8 Å². The summed E-state index contributed by atoms with van der Waals surface area (Å²) in [5.41, 5.74) is -2.15. The number of nitrogens with zero attached hydrogens (tertiary/aromatic N) is 2. The van der Waals surface area contributed by atoms with Gasteiger partial charge in [-0.1, -0.05) is 30.3 Å². The van der Waals surface area contributed by atoms with Gasteiger partial charge in [-0.3, -0.25) is 23.9 Å². The Balaban J connectivity index is 2.19. The van der Waals surface area contributed by atoms with E-state index in [1.807, 2.05) is 10.4 Å². The van der Waals surface area contributed by atoms with Crippen molar-refractivity contribution in [3.63, 3.8) is 0 Å². The first-order chi connectivity index (χ1) is 15.1. The van der Waals surface area contributed by atoms with Crippen LogP contribution in [0.2, 0.25) is 0 Å². The van der Waals surface area contributed by atoms with Gasteiger partial charge in [0.05, 0.1) is 5.56 Å². The molecule has 3 rings (SSSR count). The number of aromatic amines is 2. The van der Waals surface area contributed by atoms with Crippen molar-refractivity contribution < 1.29 is 27.0 Å². The SMILES string of the molecule is O=C(NN(C(=O)c1ccccc1F)N(c1c[nH]c(=O)[nH]c1=O)S(=O)(=O)O)c1ccccc1. The lowest BCUT2D eigenvalue weighted by Gasteiger charge is -2.32. The monoisotopic (exact) mass is 463 g/mol. The van der Waals surface area contributed by atoms with E-state index >= 15 is 0 Å². The molecule has 0 atom stereocenters. The number of amides is 2. The van der Waals surface area contributed by atoms with Crippen LogP contribution in [0.5, 0.6) is 0 Å². The summed E-state index contributed by atoms with van der Waals surface area (Å²) < 4.78 is 48.0. The molecular weight excluding hydrogens is 449 g/mol. The summed E-state index contributed by atoms with van der Waals surface area (Å²) in [5, 5.41) is -0.0635. The number of carbonyl (C=O) groups is 2. The Labute approximate surface area is 178 Å². The van der Waals surface area contributed by atoms with E-state index in [4.69, 9.17) is 0 Å². The minimum atomic E-state index is -5.49. The number of anilines is 1. The first-order valence-corrected chi connectivity index (χ1v) is 10.0. The zero-order valence-corrected chi connectivity index (χ0v) is 16.7. The molecule has 0 spiro atoms. The number of nitrogens with one attached hydrogen (secondary N) is 3. The Morgan fingerprint density at radius 2 is 1.62 bits per heavy atom. The van der Waals surface area contributed by atoms with Gasteiger partial charge in [0.1, 0.15) is 5.82 Å². The van der Waals surface area contributed by atoms with Gasteiger partial charge in [0.25, 0.3) is 17.4 Å². The minimum Gasteiger partial charge on any atom is -0.312 e. The van der Waals surface area contributed by atoms with Crippen LogP contribution in [0.1, 0.15) is 20.7 Å². The van der Waals surface area contributed by atoms with E-state index in [-0.39, 0.29) is 15.1 Å². The number of aromatic nitrogens is 2. The molecule has 14 heteroatoms. The average molecular weight is 463 g/mol. The lowest BCUT2D eigenvalue weighted by molar-refractivity contribution is 0.0587. The molecule has 0 aliphatic carbocycles. The molecular formula is C18H14FN5O7S. The summed E-state index contributed by atoms with van der Waals surface area (Å²) in [4.78, 5) is 52.9.